The van der Waals surface area contributed by atoms with Crippen LogP contribution in [0, 0.1) is 6.92 Å². The minimum absolute atomic E-state index is 0.223. The second-order valence-electron chi connectivity index (χ2n) is 6.11. The summed E-state index contributed by atoms with van der Waals surface area (Å²) in [5.74, 6) is 1.80. The summed E-state index contributed by atoms with van der Waals surface area (Å²) in [6.07, 6.45) is 3.12. The van der Waals surface area contributed by atoms with Gasteiger partial charge in [-0.25, -0.2) is 0 Å². The Morgan fingerprint density at radius 2 is 1.78 bits per heavy atom. The molecule has 0 spiro atoms. The summed E-state index contributed by atoms with van der Waals surface area (Å²) in [6.45, 7) is 5.12. The Bertz CT molecular complexity index is 661. The Labute approximate surface area is 137 Å². The number of aryl methyl sites for hydroxylation is 1. The van der Waals surface area contributed by atoms with Crippen molar-refractivity contribution in [1.82, 2.24) is 4.90 Å². The molecule has 1 aliphatic rings. The molecule has 0 radical (unpaired) electrons. The lowest BCUT2D eigenvalue weighted by atomic mass is 10.0. The first-order chi connectivity index (χ1) is 11.2. The maximum atomic E-state index is 12.4. The van der Waals surface area contributed by atoms with Gasteiger partial charge < -0.3 is 9.64 Å². The molecule has 0 saturated carbocycles. The Hall–Kier alpha value is -2.13. The van der Waals surface area contributed by atoms with Crippen LogP contribution >= 0.6 is 0 Å². The number of rotatable bonds is 6. The van der Waals surface area contributed by atoms with Crippen molar-refractivity contribution in [3.05, 3.63) is 59.7 Å². The summed E-state index contributed by atoms with van der Waals surface area (Å²) in [7, 11) is 0. The summed E-state index contributed by atoms with van der Waals surface area (Å²) < 4.78 is 5.82. The third kappa shape index (κ3) is 4.20. The highest BCUT2D eigenvalue weighted by molar-refractivity contribution is 5.97. The van der Waals surface area contributed by atoms with Crippen LogP contribution in [0.15, 0.2) is 48.5 Å². The predicted molar refractivity (Wildman–Crippen MR) is 92.3 cm³/mol. The fourth-order valence-corrected chi connectivity index (χ4v) is 3.04. The van der Waals surface area contributed by atoms with Gasteiger partial charge in [0.05, 0.1) is 0 Å². The van der Waals surface area contributed by atoms with Gasteiger partial charge in [-0.3, -0.25) is 4.79 Å². The summed E-state index contributed by atoms with van der Waals surface area (Å²) in [6, 6.07) is 15.4. The van der Waals surface area contributed by atoms with Gasteiger partial charge in [0.1, 0.15) is 11.5 Å². The third-order valence-corrected chi connectivity index (χ3v) is 4.33. The van der Waals surface area contributed by atoms with Crippen LogP contribution in [0.2, 0.25) is 0 Å². The second kappa shape index (κ2) is 7.42. The number of ketones is 1. The van der Waals surface area contributed by atoms with E-state index in [0.717, 1.165) is 42.3 Å². The van der Waals surface area contributed by atoms with E-state index in [4.69, 9.17) is 4.74 Å². The standard InChI is InChI=1S/C20H23NO2/c1-16-15-18(23-17-7-3-2-4-8-17)9-10-19(16)20(22)11-14-21-12-5-6-13-21/h2-4,7-10,15H,5-6,11-14H2,1H3. The average molecular weight is 309 g/mol. The zero-order valence-corrected chi connectivity index (χ0v) is 13.6. The number of para-hydroxylation sites is 1. The van der Waals surface area contributed by atoms with Gasteiger partial charge in [-0.15, -0.1) is 0 Å². The molecular formula is C20H23NO2. The van der Waals surface area contributed by atoms with Crippen LogP contribution in [0.4, 0.5) is 0 Å². The van der Waals surface area contributed by atoms with Crippen LogP contribution in [-0.2, 0) is 0 Å². The fourth-order valence-electron chi connectivity index (χ4n) is 3.04. The zero-order chi connectivity index (χ0) is 16.1. The molecule has 0 N–H and O–H groups in total. The normalized spacial score (nSPS) is 14.8. The van der Waals surface area contributed by atoms with Gasteiger partial charge in [-0.2, -0.15) is 0 Å². The molecule has 2 aromatic carbocycles. The van der Waals surface area contributed by atoms with Crippen molar-refractivity contribution in [3.8, 4) is 11.5 Å². The van der Waals surface area contributed by atoms with Crippen LogP contribution in [0.25, 0.3) is 0 Å². The Morgan fingerprint density at radius 1 is 1.04 bits per heavy atom. The molecule has 120 valence electrons. The second-order valence-corrected chi connectivity index (χ2v) is 6.11. The van der Waals surface area contributed by atoms with Crippen molar-refractivity contribution >= 4 is 5.78 Å². The first-order valence-electron chi connectivity index (χ1n) is 8.31. The monoisotopic (exact) mass is 309 g/mol. The molecule has 1 aliphatic heterocycles. The van der Waals surface area contributed by atoms with E-state index in [1.807, 2.05) is 55.5 Å². The van der Waals surface area contributed by atoms with Gasteiger partial charge in [-0.1, -0.05) is 18.2 Å². The molecule has 0 amide bonds. The molecule has 0 aromatic heterocycles. The van der Waals surface area contributed by atoms with E-state index in [1.165, 1.54) is 12.8 Å². The minimum Gasteiger partial charge on any atom is -0.457 e. The van der Waals surface area contributed by atoms with Crippen molar-refractivity contribution in [2.24, 2.45) is 0 Å². The van der Waals surface area contributed by atoms with E-state index in [2.05, 4.69) is 4.90 Å². The lowest BCUT2D eigenvalue weighted by molar-refractivity contribution is 0.0968. The number of nitrogens with zero attached hydrogens (tertiary/aromatic N) is 1. The number of Topliss-reactive ketones (excluding diaryl/α,β-unsaturated/α-hetero) is 1. The molecular weight excluding hydrogens is 286 g/mol. The van der Waals surface area contributed by atoms with Crippen molar-refractivity contribution < 1.29 is 9.53 Å². The third-order valence-electron chi connectivity index (χ3n) is 4.33. The number of ether oxygens (including phenoxy) is 1. The maximum Gasteiger partial charge on any atom is 0.164 e. The lowest BCUT2D eigenvalue weighted by Crippen LogP contribution is -2.22. The molecule has 2 aromatic rings. The molecule has 0 bridgehead atoms. The predicted octanol–water partition coefficient (Wildman–Crippen LogP) is 4.46. The van der Waals surface area contributed by atoms with E-state index in [9.17, 15) is 4.79 Å². The van der Waals surface area contributed by atoms with Crippen LogP contribution in [0.5, 0.6) is 11.5 Å². The molecule has 3 rings (SSSR count). The Morgan fingerprint density at radius 3 is 2.48 bits per heavy atom. The smallest absolute Gasteiger partial charge is 0.164 e. The van der Waals surface area contributed by atoms with Crippen molar-refractivity contribution in [3.63, 3.8) is 0 Å². The molecule has 3 heteroatoms. The minimum atomic E-state index is 0.223. The van der Waals surface area contributed by atoms with Gasteiger partial charge in [0.25, 0.3) is 0 Å². The number of hydrogen-bond acceptors (Lipinski definition) is 3. The van der Waals surface area contributed by atoms with Gasteiger partial charge in [-0.05, 0) is 68.8 Å². The Balaban J connectivity index is 1.62. The number of carbonyl (C=O) groups excluding carboxylic acids is 1. The lowest BCUT2D eigenvalue weighted by Gasteiger charge is -2.14. The van der Waals surface area contributed by atoms with Crippen molar-refractivity contribution in [2.45, 2.75) is 26.2 Å². The largest absolute Gasteiger partial charge is 0.457 e. The molecule has 23 heavy (non-hydrogen) atoms. The van der Waals surface area contributed by atoms with E-state index >= 15 is 0 Å². The summed E-state index contributed by atoms with van der Waals surface area (Å²) in [5, 5.41) is 0. The van der Waals surface area contributed by atoms with Crippen LogP contribution < -0.4 is 4.74 Å². The van der Waals surface area contributed by atoms with Crippen molar-refractivity contribution in [2.75, 3.05) is 19.6 Å². The molecule has 0 atom stereocenters. The van der Waals surface area contributed by atoms with Crippen LogP contribution in [-0.4, -0.2) is 30.3 Å². The molecule has 1 saturated heterocycles. The van der Waals surface area contributed by atoms with Crippen molar-refractivity contribution in [1.29, 1.82) is 0 Å². The highest BCUT2D eigenvalue weighted by atomic mass is 16.5. The summed E-state index contributed by atoms with van der Waals surface area (Å²) in [5.41, 5.74) is 1.79. The molecule has 1 heterocycles. The number of likely N-dealkylation sites (tertiary alicyclic amines) is 1. The maximum absolute atomic E-state index is 12.4. The quantitative estimate of drug-likeness (QED) is 0.738. The van der Waals surface area contributed by atoms with Gasteiger partial charge in [0.15, 0.2) is 5.78 Å². The molecule has 1 fully saturated rings. The van der Waals surface area contributed by atoms with E-state index in [0.29, 0.717) is 6.42 Å². The van der Waals surface area contributed by atoms with Gasteiger partial charge in [0.2, 0.25) is 0 Å². The van der Waals surface area contributed by atoms with Gasteiger partial charge >= 0.3 is 0 Å². The topological polar surface area (TPSA) is 29.5 Å². The first kappa shape index (κ1) is 15.8. The number of benzene rings is 2. The highest BCUT2D eigenvalue weighted by Crippen LogP contribution is 2.24. The first-order valence-corrected chi connectivity index (χ1v) is 8.31. The van der Waals surface area contributed by atoms with Gasteiger partial charge in [0, 0.05) is 18.5 Å². The van der Waals surface area contributed by atoms with E-state index < -0.39 is 0 Å². The zero-order valence-electron chi connectivity index (χ0n) is 13.6. The Kier molecular flexibility index (Phi) is 5.09. The van der Waals surface area contributed by atoms with Crippen LogP contribution in [0.1, 0.15) is 35.2 Å². The SMILES string of the molecule is Cc1cc(Oc2ccccc2)ccc1C(=O)CCN1CCCC1. The molecule has 0 aliphatic carbocycles. The van der Waals surface area contributed by atoms with Crippen LogP contribution in [0.3, 0.4) is 0 Å². The summed E-state index contributed by atoms with van der Waals surface area (Å²) in [4.78, 5) is 14.8. The number of carbonyl (C=O) groups is 1. The number of hydrogen-bond donors (Lipinski definition) is 0. The highest BCUT2D eigenvalue weighted by Gasteiger charge is 2.15. The summed E-state index contributed by atoms with van der Waals surface area (Å²) >= 11 is 0. The molecule has 3 nitrogen and oxygen atoms in total. The molecule has 0 unspecified atom stereocenters. The fraction of sp³-hybridized carbons (Fsp3) is 0.350. The van der Waals surface area contributed by atoms with E-state index in [-0.39, 0.29) is 5.78 Å². The van der Waals surface area contributed by atoms with E-state index in [1.54, 1.807) is 0 Å². The average Bonchev–Trinajstić information content (AvgIpc) is 3.07.